The Balaban J connectivity index is 1.02. The molecule has 4 nitrogen and oxygen atoms in total. The minimum atomic E-state index is 0.112. The maximum absolute atomic E-state index is 12.8. The first-order chi connectivity index (χ1) is 17.4. The van der Waals surface area contributed by atoms with E-state index in [0.717, 1.165) is 30.2 Å². The quantitative estimate of drug-likeness (QED) is 0.325. The number of likely N-dealkylation sites (tertiary alicyclic amines) is 1. The van der Waals surface area contributed by atoms with Crippen LogP contribution >= 0.6 is 11.9 Å². The number of carbonyl (C=O) groups excluding carboxylic acids is 1. The van der Waals surface area contributed by atoms with Crippen LogP contribution in [0.3, 0.4) is 0 Å². The number of fused-ring (bicyclic) bond motifs is 1. The molecule has 0 radical (unpaired) electrons. The van der Waals surface area contributed by atoms with E-state index in [1.807, 2.05) is 24.5 Å². The monoisotopic (exact) mass is 504 g/mol. The zero-order valence-corrected chi connectivity index (χ0v) is 22.9. The summed E-state index contributed by atoms with van der Waals surface area (Å²) in [5, 5.41) is 1.46. The van der Waals surface area contributed by atoms with Crippen molar-refractivity contribution in [3.05, 3.63) is 71.5 Å². The van der Waals surface area contributed by atoms with Crippen LogP contribution in [0.25, 0.3) is 11.0 Å². The Bertz CT molecular complexity index is 1150. The van der Waals surface area contributed by atoms with Crippen LogP contribution in [-0.4, -0.2) is 47.0 Å². The molecule has 0 bridgehead atoms. The molecular weight excluding hydrogens is 464 g/mol. The average Bonchev–Trinajstić information content (AvgIpc) is 3.32. The zero-order valence-electron chi connectivity index (χ0n) is 22.0. The topological polar surface area (TPSA) is 36.7 Å². The van der Waals surface area contributed by atoms with E-state index in [1.54, 1.807) is 0 Å². The highest BCUT2D eigenvalue weighted by Crippen LogP contribution is 2.35. The van der Waals surface area contributed by atoms with Gasteiger partial charge in [-0.05, 0) is 80.6 Å². The molecule has 3 aromatic rings. The molecule has 0 spiro atoms. The summed E-state index contributed by atoms with van der Waals surface area (Å²) in [4.78, 5) is 15.4. The van der Waals surface area contributed by atoms with Gasteiger partial charge in [0.25, 0.3) is 0 Å². The maximum atomic E-state index is 12.8. The second-order valence-corrected chi connectivity index (χ2v) is 12.7. The molecule has 0 amide bonds. The number of para-hydroxylation sites is 1. The van der Waals surface area contributed by atoms with E-state index in [1.165, 1.54) is 80.2 Å². The van der Waals surface area contributed by atoms with Gasteiger partial charge in [0.2, 0.25) is 5.12 Å². The summed E-state index contributed by atoms with van der Waals surface area (Å²) in [7, 11) is 0. The van der Waals surface area contributed by atoms with Crippen molar-refractivity contribution in [2.45, 2.75) is 64.2 Å². The average molecular weight is 505 g/mol. The van der Waals surface area contributed by atoms with Gasteiger partial charge in [-0.3, -0.25) is 4.79 Å². The van der Waals surface area contributed by atoms with Crippen LogP contribution in [0, 0.1) is 5.92 Å². The van der Waals surface area contributed by atoms with Crippen LogP contribution in [0.2, 0.25) is 0 Å². The van der Waals surface area contributed by atoms with Gasteiger partial charge in [-0.15, -0.1) is 0 Å². The molecule has 2 saturated heterocycles. The molecule has 2 aliphatic rings. The lowest BCUT2D eigenvalue weighted by Gasteiger charge is -2.34. The first-order valence-electron chi connectivity index (χ1n) is 13.6. The van der Waals surface area contributed by atoms with E-state index in [2.05, 4.69) is 60.3 Å². The van der Waals surface area contributed by atoms with Gasteiger partial charge in [-0.25, -0.2) is 4.31 Å². The van der Waals surface area contributed by atoms with Crippen LogP contribution in [0.1, 0.15) is 80.3 Å². The van der Waals surface area contributed by atoms with E-state index >= 15 is 0 Å². The van der Waals surface area contributed by atoms with Crippen molar-refractivity contribution >= 4 is 28.0 Å². The SMILES string of the molecule is CC(C)(C)c1ccc(C(=O)SN2CCC(CCN3CCC(c4coc5ccccc45)CC3)CC2)cc1. The Labute approximate surface area is 220 Å². The van der Waals surface area contributed by atoms with Crippen LogP contribution in [0.5, 0.6) is 0 Å². The van der Waals surface area contributed by atoms with Gasteiger partial charge in [0.15, 0.2) is 0 Å². The van der Waals surface area contributed by atoms with Crippen LogP contribution in [0.15, 0.2) is 59.2 Å². The third-order valence-electron chi connectivity index (χ3n) is 8.16. The maximum Gasteiger partial charge on any atom is 0.234 e. The van der Waals surface area contributed by atoms with Crippen molar-refractivity contribution in [3.63, 3.8) is 0 Å². The predicted octanol–water partition coefficient (Wildman–Crippen LogP) is 7.50. The fraction of sp³-hybridized carbons (Fsp3) is 0.516. The van der Waals surface area contributed by atoms with Crippen molar-refractivity contribution in [2.75, 3.05) is 32.7 Å². The number of hydrogen-bond donors (Lipinski definition) is 0. The predicted molar refractivity (Wildman–Crippen MR) is 151 cm³/mol. The molecule has 192 valence electrons. The molecule has 0 N–H and O–H groups in total. The van der Waals surface area contributed by atoms with E-state index in [4.69, 9.17) is 4.42 Å². The Morgan fingerprint density at radius 3 is 2.33 bits per heavy atom. The Hall–Kier alpha value is -2.08. The fourth-order valence-electron chi connectivity index (χ4n) is 5.71. The first-order valence-corrected chi connectivity index (χ1v) is 14.4. The third kappa shape index (κ3) is 6.07. The van der Waals surface area contributed by atoms with E-state index < -0.39 is 0 Å². The van der Waals surface area contributed by atoms with Crippen molar-refractivity contribution in [3.8, 4) is 0 Å². The largest absolute Gasteiger partial charge is 0.464 e. The molecule has 2 aromatic carbocycles. The Morgan fingerprint density at radius 1 is 0.944 bits per heavy atom. The molecule has 0 atom stereocenters. The molecule has 0 aliphatic carbocycles. The summed E-state index contributed by atoms with van der Waals surface area (Å²) in [6, 6.07) is 16.6. The highest BCUT2D eigenvalue weighted by atomic mass is 32.2. The summed E-state index contributed by atoms with van der Waals surface area (Å²) in [6.45, 7) is 12.2. The highest BCUT2D eigenvalue weighted by Gasteiger charge is 2.26. The lowest BCUT2D eigenvalue weighted by Crippen LogP contribution is -2.36. The van der Waals surface area contributed by atoms with Gasteiger partial charge in [-0.2, -0.15) is 0 Å². The highest BCUT2D eigenvalue weighted by molar-refractivity contribution is 8.12. The number of nitrogens with zero attached hydrogens (tertiary/aromatic N) is 2. The second-order valence-electron chi connectivity index (χ2n) is 11.7. The van der Waals surface area contributed by atoms with Crippen molar-refractivity contribution < 1.29 is 9.21 Å². The molecule has 0 saturated carbocycles. The molecule has 5 heteroatoms. The first kappa shape index (κ1) is 25.6. The van der Waals surface area contributed by atoms with Crippen molar-refractivity contribution in [2.24, 2.45) is 5.92 Å². The third-order valence-corrected chi connectivity index (χ3v) is 9.19. The summed E-state index contributed by atoms with van der Waals surface area (Å²) < 4.78 is 8.07. The van der Waals surface area contributed by atoms with Gasteiger partial charge >= 0.3 is 0 Å². The van der Waals surface area contributed by atoms with Crippen LogP contribution in [0.4, 0.5) is 0 Å². The molecule has 2 fully saturated rings. The summed E-state index contributed by atoms with van der Waals surface area (Å²) in [5.74, 6) is 1.39. The second kappa shape index (κ2) is 11.1. The normalized spacial score (nSPS) is 19.2. The number of hydrogen-bond acceptors (Lipinski definition) is 5. The van der Waals surface area contributed by atoms with E-state index in [9.17, 15) is 4.79 Å². The number of rotatable bonds is 6. The van der Waals surface area contributed by atoms with Crippen LogP contribution < -0.4 is 0 Å². The lowest BCUT2D eigenvalue weighted by atomic mass is 9.87. The standard InChI is InChI=1S/C31H40N2O2S/c1-31(2,3)26-10-8-25(9-11-26)30(34)36-33-20-13-23(14-21-33)12-17-32-18-15-24(16-19-32)28-22-35-29-7-5-4-6-27(28)29/h4-11,22-24H,12-21H2,1-3H3. The fourth-order valence-corrected chi connectivity index (χ4v) is 6.58. The molecule has 0 unspecified atom stereocenters. The Kier molecular flexibility index (Phi) is 7.90. The molecule has 36 heavy (non-hydrogen) atoms. The van der Waals surface area contributed by atoms with Gasteiger partial charge in [0, 0.05) is 41.6 Å². The molecule has 2 aliphatic heterocycles. The van der Waals surface area contributed by atoms with Crippen molar-refractivity contribution in [1.29, 1.82) is 0 Å². The van der Waals surface area contributed by atoms with Gasteiger partial charge in [-0.1, -0.05) is 63.2 Å². The van der Waals surface area contributed by atoms with Gasteiger partial charge < -0.3 is 9.32 Å². The smallest absolute Gasteiger partial charge is 0.234 e. The molecule has 3 heterocycles. The summed E-state index contributed by atoms with van der Waals surface area (Å²) in [5.41, 5.74) is 4.60. The molecule has 5 rings (SSSR count). The minimum Gasteiger partial charge on any atom is -0.464 e. The van der Waals surface area contributed by atoms with Crippen LogP contribution in [-0.2, 0) is 5.41 Å². The number of piperidine rings is 2. The summed E-state index contributed by atoms with van der Waals surface area (Å²) >= 11 is 1.41. The van der Waals surface area contributed by atoms with Gasteiger partial charge in [0.1, 0.15) is 5.58 Å². The molecule has 1 aromatic heterocycles. The summed E-state index contributed by atoms with van der Waals surface area (Å²) in [6.07, 6.45) is 8.10. The number of carbonyl (C=O) groups is 1. The lowest BCUT2D eigenvalue weighted by molar-refractivity contribution is 0.108. The minimum absolute atomic E-state index is 0.112. The number of furan rings is 1. The zero-order chi connectivity index (χ0) is 25.1. The van der Waals surface area contributed by atoms with E-state index in [0.29, 0.717) is 5.92 Å². The van der Waals surface area contributed by atoms with Crippen molar-refractivity contribution in [1.82, 2.24) is 9.21 Å². The Morgan fingerprint density at radius 2 is 1.64 bits per heavy atom. The number of benzene rings is 2. The van der Waals surface area contributed by atoms with Gasteiger partial charge in [0.05, 0.1) is 6.26 Å². The molecular formula is C31H40N2O2S. The van der Waals surface area contributed by atoms with E-state index in [-0.39, 0.29) is 10.5 Å².